The Bertz CT molecular complexity index is 568. The highest BCUT2D eigenvalue weighted by atomic mass is 79.9. The normalized spacial score (nSPS) is 12.8. The van der Waals surface area contributed by atoms with E-state index in [1.54, 1.807) is 0 Å². The van der Waals surface area contributed by atoms with Gasteiger partial charge in [0.05, 0.1) is 0 Å². The molecule has 21 heavy (non-hydrogen) atoms. The second-order valence-corrected chi connectivity index (χ2v) is 6.65. The molecular weight excluding hydrogens is 330 g/mol. The number of nitrogens with one attached hydrogen (secondary N) is 1. The molecule has 0 fully saturated rings. The van der Waals surface area contributed by atoms with Crippen molar-refractivity contribution >= 4 is 15.9 Å². The molecule has 4 nitrogen and oxygen atoms in total. The van der Waals surface area contributed by atoms with Crippen LogP contribution in [0.15, 0.2) is 33.3 Å². The van der Waals surface area contributed by atoms with E-state index in [0.717, 1.165) is 23.1 Å². The summed E-state index contributed by atoms with van der Waals surface area (Å²) in [5.41, 5.74) is 1.17. The van der Waals surface area contributed by atoms with E-state index >= 15 is 0 Å². The minimum atomic E-state index is 0.379. The van der Waals surface area contributed by atoms with Gasteiger partial charge in [-0.25, -0.2) is 0 Å². The molecule has 1 aromatic heterocycles. The van der Waals surface area contributed by atoms with E-state index < -0.39 is 0 Å². The van der Waals surface area contributed by atoms with Crippen molar-refractivity contribution in [2.75, 3.05) is 7.05 Å². The molecule has 1 unspecified atom stereocenters. The molecule has 114 valence electrons. The molecule has 0 saturated heterocycles. The monoisotopic (exact) mass is 351 g/mol. The van der Waals surface area contributed by atoms with Gasteiger partial charge in [0.2, 0.25) is 5.89 Å². The molecule has 1 aromatic carbocycles. The summed E-state index contributed by atoms with van der Waals surface area (Å²) in [7, 11) is 1.98. The Morgan fingerprint density at radius 3 is 2.81 bits per heavy atom. The predicted octanol–water partition coefficient (Wildman–Crippen LogP) is 3.60. The summed E-state index contributed by atoms with van der Waals surface area (Å²) in [6.07, 6.45) is 2.57. The SMILES string of the molecule is CNC(Cc1nc(Cc2cccc(Br)c2)no1)CC(C)C. The van der Waals surface area contributed by atoms with E-state index in [9.17, 15) is 0 Å². The summed E-state index contributed by atoms with van der Waals surface area (Å²) in [5.74, 6) is 2.09. The van der Waals surface area contributed by atoms with Gasteiger partial charge in [-0.3, -0.25) is 0 Å². The minimum absolute atomic E-state index is 0.379. The lowest BCUT2D eigenvalue weighted by molar-refractivity contribution is 0.342. The van der Waals surface area contributed by atoms with E-state index in [-0.39, 0.29) is 0 Å². The summed E-state index contributed by atoms with van der Waals surface area (Å²) in [6.45, 7) is 4.44. The molecule has 0 spiro atoms. The molecule has 0 saturated carbocycles. The third kappa shape index (κ3) is 5.25. The van der Waals surface area contributed by atoms with Crippen molar-refractivity contribution < 1.29 is 4.52 Å². The Labute approximate surface area is 134 Å². The lowest BCUT2D eigenvalue weighted by atomic mass is 10.0. The van der Waals surface area contributed by atoms with E-state index in [2.05, 4.69) is 57.4 Å². The number of likely N-dealkylation sites (N-methyl/N-ethyl adjacent to an activating group) is 1. The van der Waals surface area contributed by atoms with Crippen LogP contribution in [0, 0.1) is 5.92 Å². The topological polar surface area (TPSA) is 51.0 Å². The van der Waals surface area contributed by atoms with Crippen LogP contribution in [-0.4, -0.2) is 23.2 Å². The van der Waals surface area contributed by atoms with Gasteiger partial charge < -0.3 is 9.84 Å². The number of nitrogens with zero attached hydrogens (tertiary/aromatic N) is 2. The first-order valence-corrected chi connectivity index (χ1v) is 8.09. The fourth-order valence-corrected chi connectivity index (χ4v) is 2.80. The van der Waals surface area contributed by atoms with Crippen molar-refractivity contribution in [3.8, 4) is 0 Å². The highest BCUT2D eigenvalue weighted by Crippen LogP contribution is 2.15. The fraction of sp³-hybridized carbons (Fsp3) is 0.500. The van der Waals surface area contributed by atoms with Crippen LogP contribution < -0.4 is 5.32 Å². The van der Waals surface area contributed by atoms with Crippen LogP contribution in [0.2, 0.25) is 0 Å². The highest BCUT2D eigenvalue weighted by Gasteiger charge is 2.14. The largest absolute Gasteiger partial charge is 0.339 e. The molecule has 2 rings (SSSR count). The van der Waals surface area contributed by atoms with Crippen LogP contribution in [0.25, 0.3) is 0 Å². The molecule has 5 heteroatoms. The number of benzene rings is 1. The van der Waals surface area contributed by atoms with Gasteiger partial charge in [-0.05, 0) is 37.1 Å². The average molecular weight is 352 g/mol. The van der Waals surface area contributed by atoms with Crippen molar-refractivity contribution in [1.29, 1.82) is 0 Å². The van der Waals surface area contributed by atoms with Crippen LogP contribution in [0.1, 0.15) is 37.5 Å². The van der Waals surface area contributed by atoms with Gasteiger partial charge in [0.1, 0.15) is 0 Å². The molecule has 0 aliphatic rings. The molecular formula is C16H22BrN3O. The Morgan fingerprint density at radius 1 is 1.33 bits per heavy atom. The maximum atomic E-state index is 5.37. The predicted molar refractivity (Wildman–Crippen MR) is 87.3 cm³/mol. The molecule has 2 aromatic rings. The maximum absolute atomic E-state index is 5.37. The maximum Gasteiger partial charge on any atom is 0.228 e. The molecule has 0 bridgehead atoms. The second-order valence-electron chi connectivity index (χ2n) is 5.73. The summed E-state index contributed by atoms with van der Waals surface area (Å²) < 4.78 is 6.43. The molecule has 0 aliphatic heterocycles. The summed E-state index contributed by atoms with van der Waals surface area (Å²) in [5, 5.41) is 7.39. The zero-order chi connectivity index (χ0) is 15.2. The number of rotatable bonds is 7. The van der Waals surface area contributed by atoms with Gasteiger partial charge in [0, 0.05) is 23.4 Å². The van der Waals surface area contributed by atoms with Crippen LogP contribution in [0.3, 0.4) is 0 Å². The third-order valence-electron chi connectivity index (χ3n) is 3.35. The first kappa shape index (κ1) is 16.2. The van der Waals surface area contributed by atoms with Crippen LogP contribution >= 0.6 is 15.9 Å². The van der Waals surface area contributed by atoms with E-state index in [4.69, 9.17) is 4.52 Å². The standard InChI is InChI=1S/C16H22BrN3O/c1-11(2)7-14(18-3)10-16-19-15(20-21-16)9-12-5-4-6-13(17)8-12/h4-6,8,11,14,18H,7,9-10H2,1-3H3. The Balaban J connectivity index is 1.97. The second kappa shape index (κ2) is 7.71. The van der Waals surface area contributed by atoms with Gasteiger partial charge >= 0.3 is 0 Å². The molecule has 0 aliphatic carbocycles. The van der Waals surface area contributed by atoms with Gasteiger partial charge in [0.15, 0.2) is 5.82 Å². The first-order chi connectivity index (χ1) is 10.1. The van der Waals surface area contributed by atoms with Crippen molar-refractivity contribution in [3.05, 3.63) is 46.0 Å². The smallest absolute Gasteiger partial charge is 0.228 e. The van der Waals surface area contributed by atoms with Crippen LogP contribution in [0.5, 0.6) is 0 Å². The van der Waals surface area contributed by atoms with E-state index in [0.29, 0.717) is 24.3 Å². The number of hydrogen-bond acceptors (Lipinski definition) is 4. The Morgan fingerprint density at radius 2 is 2.14 bits per heavy atom. The van der Waals surface area contributed by atoms with Gasteiger partial charge in [-0.15, -0.1) is 0 Å². The molecule has 0 radical (unpaired) electrons. The quantitative estimate of drug-likeness (QED) is 0.827. The van der Waals surface area contributed by atoms with Crippen molar-refractivity contribution in [2.24, 2.45) is 5.92 Å². The molecule has 1 N–H and O–H groups in total. The fourth-order valence-electron chi connectivity index (χ4n) is 2.36. The number of hydrogen-bond donors (Lipinski definition) is 1. The van der Waals surface area contributed by atoms with E-state index in [1.807, 2.05) is 19.2 Å². The van der Waals surface area contributed by atoms with Gasteiger partial charge in [-0.2, -0.15) is 4.98 Å². The van der Waals surface area contributed by atoms with Gasteiger partial charge in [-0.1, -0.05) is 47.1 Å². The first-order valence-electron chi connectivity index (χ1n) is 7.30. The number of halogens is 1. The Kier molecular flexibility index (Phi) is 5.94. The van der Waals surface area contributed by atoms with Crippen LogP contribution in [-0.2, 0) is 12.8 Å². The van der Waals surface area contributed by atoms with E-state index in [1.165, 1.54) is 5.56 Å². The third-order valence-corrected chi connectivity index (χ3v) is 3.84. The molecule has 1 atom stereocenters. The average Bonchev–Trinajstić information content (AvgIpc) is 2.84. The summed E-state index contributed by atoms with van der Waals surface area (Å²) in [6, 6.07) is 8.54. The summed E-state index contributed by atoms with van der Waals surface area (Å²) >= 11 is 3.47. The Hall–Kier alpha value is -1.20. The number of aromatic nitrogens is 2. The minimum Gasteiger partial charge on any atom is -0.339 e. The zero-order valence-electron chi connectivity index (χ0n) is 12.8. The summed E-state index contributed by atoms with van der Waals surface area (Å²) in [4.78, 5) is 4.50. The molecule has 1 heterocycles. The lowest BCUT2D eigenvalue weighted by Crippen LogP contribution is -2.29. The van der Waals surface area contributed by atoms with Crippen molar-refractivity contribution in [1.82, 2.24) is 15.5 Å². The zero-order valence-corrected chi connectivity index (χ0v) is 14.4. The van der Waals surface area contributed by atoms with Gasteiger partial charge in [0.25, 0.3) is 0 Å². The van der Waals surface area contributed by atoms with Crippen LogP contribution in [0.4, 0.5) is 0 Å². The van der Waals surface area contributed by atoms with Crippen molar-refractivity contribution in [2.45, 2.75) is 39.2 Å². The van der Waals surface area contributed by atoms with Crippen molar-refractivity contribution in [3.63, 3.8) is 0 Å². The highest BCUT2D eigenvalue weighted by molar-refractivity contribution is 9.10. The lowest BCUT2D eigenvalue weighted by Gasteiger charge is -2.15. The molecule has 0 amide bonds.